The van der Waals surface area contributed by atoms with Crippen LogP contribution in [0.5, 0.6) is 0 Å². The lowest BCUT2D eigenvalue weighted by molar-refractivity contribution is -0.186. The summed E-state index contributed by atoms with van der Waals surface area (Å²) in [7, 11) is 0. The zero-order chi connectivity index (χ0) is 16.7. The third kappa shape index (κ3) is 6.64. The summed E-state index contributed by atoms with van der Waals surface area (Å²) in [5.74, 6) is 0.332. The first-order chi connectivity index (χ1) is 11.0. The molecule has 6 nitrogen and oxygen atoms in total. The molecule has 4 atom stereocenters. The van der Waals surface area contributed by atoms with Crippen molar-refractivity contribution in [3.63, 3.8) is 0 Å². The number of ether oxygens (including phenoxy) is 2. The number of piperidine rings is 2. The van der Waals surface area contributed by atoms with Crippen LogP contribution in [0.15, 0.2) is 0 Å². The predicted octanol–water partition coefficient (Wildman–Crippen LogP) is 0.682. The smallest absolute Gasteiger partial charge is 0.158 e. The van der Waals surface area contributed by atoms with Crippen molar-refractivity contribution in [1.82, 2.24) is 10.6 Å². The summed E-state index contributed by atoms with van der Waals surface area (Å²) >= 11 is 0. The van der Waals surface area contributed by atoms with Crippen LogP contribution >= 0.6 is 0 Å². The van der Waals surface area contributed by atoms with Crippen LogP contribution in [0, 0.1) is 17.3 Å². The Morgan fingerprint density at radius 2 is 1.35 bits per heavy atom. The number of aliphatic hydroxyl groups is 2. The fraction of sp³-hybridized carbons (Fsp3) is 1.00. The molecular weight excluding hydrogens is 296 g/mol. The first-order valence-electron chi connectivity index (χ1n) is 8.99. The summed E-state index contributed by atoms with van der Waals surface area (Å²) < 4.78 is 11.3. The predicted molar refractivity (Wildman–Crippen MR) is 88.9 cm³/mol. The normalized spacial score (nSPS) is 29.2. The highest BCUT2D eigenvalue weighted by molar-refractivity contribution is 4.75. The average molecular weight is 330 g/mol. The van der Waals surface area contributed by atoms with Crippen molar-refractivity contribution in [2.24, 2.45) is 17.3 Å². The van der Waals surface area contributed by atoms with Crippen LogP contribution in [0.2, 0.25) is 0 Å². The van der Waals surface area contributed by atoms with Crippen molar-refractivity contribution < 1.29 is 19.7 Å². The van der Waals surface area contributed by atoms with Crippen molar-refractivity contribution in [2.75, 3.05) is 39.4 Å². The highest BCUT2D eigenvalue weighted by atomic mass is 16.6. The van der Waals surface area contributed by atoms with Gasteiger partial charge in [0.05, 0.1) is 13.2 Å². The Labute approximate surface area is 139 Å². The van der Waals surface area contributed by atoms with Gasteiger partial charge in [0.1, 0.15) is 0 Å². The first-order valence-corrected chi connectivity index (χ1v) is 8.99. The van der Waals surface area contributed by atoms with E-state index in [1.807, 2.05) is 13.8 Å². The molecule has 0 aromatic rings. The maximum Gasteiger partial charge on any atom is 0.158 e. The molecule has 6 heteroatoms. The highest BCUT2D eigenvalue weighted by Crippen LogP contribution is 2.23. The number of nitrogens with one attached hydrogen (secondary N) is 2. The summed E-state index contributed by atoms with van der Waals surface area (Å²) in [4.78, 5) is 0. The molecule has 4 unspecified atom stereocenters. The molecule has 0 aromatic heterocycles. The Balaban J connectivity index is 1.66. The molecule has 2 saturated heterocycles. The van der Waals surface area contributed by atoms with Crippen molar-refractivity contribution in [3.8, 4) is 0 Å². The van der Waals surface area contributed by atoms with Crippen LogP contribution in [0.4, 0.5) is 0 Å². The molecule has 2 heterocycles. The molecule has 2 aliphatic heterocycles. The maximum absolute atomic E-state index is 10.2. The number of aliphatic hydroxyl groups excluding tert-OH is 2. The monoisotopic (exact) mass is 330 g/mol. The van der Waals surface area contributed by atoms with Crippen LogP contribution in [0.25, 0.3) is 0 Å². The third-order valence-electron chi connectivity index (χ3n) is 4.77. The zero-order valence-corrected chi connectivity index (χ0v) is 14.6. The lowest BCUT2D eigenvalue weighted by atomic mass is 9.95. The van der Waals surface area contributed by atoms with E-state index in [4.69, 9.17) is 9.47 Å². The van der Waals surface area contributed by atoms with Gasteiger partial charge in [0, 0.05) is 30.3 Å². The summed E-state index contributed by atoms with van der Waals surface area (Å²) in [6.07, 6.45) is 2.71. The van der Waals surface area contributed by atoms with Gasteiger partial charge < -0.3 is 30.3 Å². The Hall–Kier alpha value is -0.240. The van der Waals surface area contributed by atoms with Gasteiger partial charge in [-0.25, -0.2) is 0 Å². The molecule has 0 bridgehead atoms. The fourth-order valence-electron chi connectivity index (χ4n) is 3.18. The number of hydrogen-bond acceptors (Lipinski definition) is 6. The van der Waals surface area contributed by atoms with E-state index in [-0.39, 0.29) is 17.3 Å². The van der Waals surface area contributed by atoms with E-state index < -0.39 is 12.6 Å². The molecule has 0 saturated carbocycles. The molecule has 4 N–H and O–H groups in total. The Bertz CT molecular complexity index is 299. The van der Waals surface area contributed by atoms with Gasteiger partial charge in [-0.2, -0.15) is 0 Å². The van der Waals surface area contributed by atoms with Crippen molar-refractivity contribution >= 4 is 0 Å². The van der Waals surface area contributed by atoms with Gasteiger partial charge >= 0.3 is 0 Å². The highest BCUT2D eigenvalue weighted by Gasteiger charge is 2.28. The van der Waals surface area contributed by atoms with Crippen molar-refractivity contribution in [1.29, 1.82) is 0 Å². The molecule has 2 rings (SSSR count). The molecule has 2 fully saturated rings. The standard InChI is InChI=1S/C17H34N2O4/c1-17(2,11-22-15(20)13-5-3-7-18-9-13)12-23-16(21)14-6-4-8-19-10-14/h13-16,18-21H,3-12H2,1-2H3. The Morgan fingerprint density at radius 1 is 0.913 bits per heavy atom. The van der Waals surface area contributed by atoms with Crippen molar-refractivity contribution in [3.05, 3.63) is 0 Å². The summed E-state index contributed by atoms with van der Waals surface area (Å²) in [5, 5.41) is 26.9. The topological polar surface area (TPSA) is 83.0 Å². The van der Waals surface area contributed by atoms with Crippen LogP contribution < -0.4 is 10.6 Å². The van der Waals surface area contributed by atoms with Crippen LogP contribution in [0.1, 0.15) is 39.5 Å². The van der Waals surface area contributed by atoms with E-state index in [2.05, 4.69) is 10.6 Å². The number of rotatable bonds is 8. The van der Waals surface area contributed by atoms with Gasteiger partial charge in [0.15, 0.2) is 12.6 Å². The molecule has 0 spiro atoms. The second kappa shape index (κ2) is 9.30. The van der Waals surface area contributed by atoms with Crippen LogP contribution in [0.3, 0.4) is 0 Å². The first kappa shape index (κ1) is 19.1. The Kier molecular flexibility index (Phi) is 7.72. The molecule has 0 amide bonds. The number of hydrogen-bond donors (Lipinski definition) is 4. The van der Waals surface area contributed by atoms with E-state index in [1.54, 1.807) is 0 Å². The zero-order valence-electron chi connectivity index (χ0n) is 14.6. The SMILES string of the molecule is CC(C)(COC(O)C1CCCNC1)COC(O)C1CCCNC1. The van der Waals surface area contributed by atoms with Crippen molar-refractivity contribution in [2.45, 2.75) is 52.1 Å². The lowest BCUT2D eigenvalue weighted by Gasteiger charge is -2.33. The van der Waals surface area contributed by atoms with E-state index in [1.165, 1.54) is 0 Å². The van der Waals surface area contributed by atoms with Gasteiger partial charge in [-0.1, -0.05) is 13.8 Å². The van der Waals surface area contributed by atoms with E-state index >= 15 is 0 Å². The van der Waals surface area contributed by atoms with E-state index in [0.29, 0.717) is 13.2 Å². The van der Waals surface area contributed by atoms with Gasteiger partial charge in [0.25, 0.3) is 0 Å². The summed E-state index contributed by atoms with van der Waals surface area (Å²) in [5.41, 5.74) is -0.244. The van der Waals surface area contributed by atoms with Crippen LogP contribution in [-0.2, 0) is 9.47 Å². The molecule has 2 aliphatic rings. The fourth-order valence-corrected chi connectivity index (χ4v) is 3.18. The minimum atomic E-state index is -0.727. The maximum atomic E-state index is 10.2. The largest absolute Gasteiger partial charge is 0.368 e. The Morgan fingerprint density at radius 3 is 1.70 bits per heavy atom. The quantitative estimate of drug-likeness (QED) is 0.490. The van der Waals surface area contributed by atoms with E-state index in [0.717, 1.165) is 51.9 Å². The van der Waals surface area contributed by atoms with Crippen LogP contribution in [-0.4, -0.2) is 62.2 Å². The summed E-state index contributed by atoms with van der Waals surface area (Å²) in [6, 6.07) is 0. The molecular formula is C17H34N2O4. The molecule has 0 radical (unpaired) electrons. The molecule has 23 heavy (non-hydrogen) atoms. The third-order valence-corrected chi connectivity index (χ3v) is 4.77. The van der Waals surface area contributed by atoms with E-state index in [9.17, 15) is 10.2 Å². The molecule has 0 aliphatic carbocycles. The molecule has 0 aromatic carbocycles. The average Bonchev–Trinajstić information content (AvgIpc) is 2.59. The lowest BCUT2D eigenvalue weighted by Crippen LogP contribution is -2.41. The minimum absolute atomic E-state index is 0.166. The van der Waals surface area contributed by atoms with Gasteiger partial charge in [-0.15, -0.1) is 0 Å². The van der Waals surface area contributed by atoms with Gasteiger partial charge in [-0.3, -0.25) is 0 Å². The second-order valence-electron chi connectivity index (χ2n) is 7.78. The minimum Gasteiger partial charge on any atom is -0.368 e. The van der Waals surface area contributed by atoms with Gasteiger partial charge in [-0.05, 0) is 38.8 Å². The summed E-state index contributed by atoms with van der Waals surface area (Å²) in [6.45, 7) is 8.57. The second-order valence-corrected chi connectivity index (χ2v) is 7.78. The van der Waals surface area contributed by atoms with Gasteiger partial charge in [0.2, 0.25) is 0 Å². The molecule has 136 valence electrons.